The van der Waals surface area contributed by atoms with Crippen LogP contribution >= 0.6 is 0 Å². The zero-order chi connectivity index (χ0) is 10.6. The lowest BCUT2D eigenvalue weighted by Gasteiger charge is -2.15. The molecule has 0 heterocycles. The molecular formula is C10H16N4. The van der Waals surface area contributed by atoms with Gasteiger partial charge in [0.1, 0.15) is 0 Å². The Morgan fingerprint density at radius 1 is 1.50 bits per heavy atom. The average Bonchev–Trinajstić information content (AvgIpc) is 2.17. The zero-order valence-corrected chi connectivity index (χ0v) is 8.27. The van der Waals surface area contributed by atoms with Gasteiger partial charge in [0.05, 0.1) is 5.69 Å². The Morgan fingerprint density at radius 3 is 2.79 bits per heavy atom. The summed E-state index contributed by atoms with van der Waals surface area (Å²) in [5, 5.41) is 1.47. The highest BCUT2D eigenvalue weighted by Gasteiger charge is 1.98. The molecular weight excluding hydrogens is 176 g/mol. The highest BCUT2D eigenvalue weighted by molar-refractivity contribution is 5.49. The van der Waals surface area contributed by atoms with Gasteiger partial charge in [0.25, 0.3) is 0 Å². The van der Waals surface area contributed by atoms with Crippen molar-refractivity contribution in [1.29, 1.82) is 0 Å². The van der Waals surface area contributed by atoms with Crippen molar-refractivity contribution in [3.05, 3.63) is 41.7 Å². The predicted molar refractivity (Wildman–Crippen MR) is 59.2 cm³/mol. The zero-order valence-electron chi connectivity index (χ0n) is 8.27. The molecule has 14 heavy (non-hydrogen) atoms. The van der Waals surface area contributed by atoms with Crippen LogP contribution < -0.4 is 22.3 Å². The first-order valence-corrected chi connectivity index (χ1v) is 4.40. The molecule has 0 unspecified atom stereocenters. The summed E-state index contributed by atoms with van der Waals surface area (Å²) in [5.74, 6) is 5.76. The minimum atomic E-state index is 0.305. The predicted octanol–water partition coefficient (Wildman–Crippen LogP) is 0.434. The number of hydrogen-bond acceptors (Lipinski definition) is 4. The number of aryl methyl sites for hydroxylation is 1. The molecule has 0 aliphatic carbocycles. The summed E-state index contributed by atoms with van der Waals surface area (Å²) in [4.78, 5) is 0. The van der Waals surface area contributed by atoms with E-state index in [4.69, 9.17) is 17.3 Å². The maximum atomic E-state index is 5.76. The minimum absolute atomic E-state index is 0.305. The standard InChI is InChI=1S/C10H16N4/c1-8-3-2-4-10(5-8)14(13)7-9(12)6-11/h2-5,7H,6,11-13H2,1H3/b9-7-. The Kier molecular flexibility index (Phi) is 3.50. The molecule has 4 heteroatoms. The van der Waals surface area contributed by atoms with Crippen LogP contribution in [-0.2, 0) is 0 Å². The van der Waals surface area contributed by atoms with Gasteiger partial charge in [-0.2, -0.15) is 0 Å². The third kappa shape index (κ3) is 2.76. The molecule has 4 nitrogen and oxygen atoms in total. The van der Waals surface area contributed by atoms with Gasteiger partial charge < -0.3 is 11.5 Å². The molecule has 0 saturated heterocycles. The first kappa shape index (κ1) is 10.6. The lowest BCUT2D eigenvalue weighted by atomic mass is 10.2. The van der Waals surface area contributed by atoms with E-state index in [9.17, 15) is 0 Å². The van der Waals surface area contributed by atoms with E-state index < -0.39 is 0 Å². The van der Waals surface area contributed by atoms with Crippen LogP contribution in [0.4, 0.5) is 5.69 Å². The van der Waals surface area contributed by atoms with Gasteiger partial charge in [0.2, 0.25) is 0 Å². The Bertz CT molecular complexity index is 333. The maximum absolute atomic E-state index is 5.76. The van der Waals surface area contributed by atoms with E-state index in [2.05, 4.69) is 0 Å². The van der Waals surface area contributed by atoms with Gasteiger partial charge >= 0.3 is 0 Å². The number of hydrogen-bond donors (Lipinski definition) is 3. The molecule has 0 aliphatic rings. The fraction of sp³-hybridized carbons (Fsp3) is 0.200. The van der Waals surface area contributed by atoms with Crippen molar-refractivity contribution in [2.45, 2.75) is 6.92 Å². The number of nitrogens with two attached hydrogens (primary N) is 3. The van der Waals surface area contributed by atoms with Crippen LogP contribution in [-0.4, -0.2) is 6.54 Å². The molecule has 0 aliphatic heterocycles. The summed E-state index contributed by atoms with van der Waals surface area (Å²) >= 11 is 0. The van der Waals surface area contributed by atoms with Crippen molar-refractivity contribution >= 4 is 5.69 Å². The van der Waals surface area contributed by atoms with Crippen molar-refractivity contribution in [2.24, 2.45) is 17.3 Å². The molecule has 1 aromatic rings. The first-order chi connectivity index (χ1) is 6.63. The lowest BCUT2D eigenvalue weighted by molar-refractivity contribution is 1.01. The smallest absolute Gasteiger partial charge is 0.0571 e. The van der Waals surface area contributed by atoms with Crippen LogP contribution in [0.1, 0.15) is 5.56 Å². The maximum Gasteiger partial charge on any atom is 0.0571 e. The van der Waals surface area contributed by atoms with Crippen LogP contribution in [0.3, 0.4) is 0 Å². The topological polar surface area (TPSA) is 81.3 Å². The van der Waals surface area contributed by atoms with Gasteiger partial charge in [0, 0.05) is 18.4 Å². The molecule has 0 saturated carbocycles. The van der Waals surface area contributed by atoms with Crippen LogP contribution in [0.25, 0.3) is 0 Å². The van der Waals surface area contributed by atoms with E-state index in [0.717, 1.165) is 11.3 Å². The van der Waals surface area contributed by atoms with E-state index in [1.807, 2.05) is 31.2 Å². The quantitative estimate of drug-likeness (QED) is 0.479. The second-order valence-corrected chi connectivity index (χ2v) is 3.15. The molecule has 6 N–H and O–H groups in total. The van der Waals surface area contributed by atoms with E-state index in [0.29, 0.717) is 12.2 Å². The molecule has 1 rings (SSSR count). The van der Waals surface area contributed by atoms with Gasteiger partial charge in [0.15, 0.2) is 0 Å². The van der Waals surface area contributed by atoms with Gasteiger partial charge in [-0.15, -0.1) is 0 Å². The molecule has 0 spiro atoms. The molecule has 76 valence electrons. The van der Waals surface area contributed by atoms with Gasteiger partial charge in [-0.25, -0.2) is 5.84 Å². The Morgan fingerprint density at radius 2 is 2.21 bits per heavy atom. The summed E-state index contributed by atoms with van der Waals surface area (Å²) < 4.78 is 0. The van der Waals surface area contributed by atoms with E-state index in [1.54, 1.807) is 6.20 Å². The molecule has 0 amide bonds. The SMILES string of the molecule is Cc1cccc(N(N)/C=C(\N)CN)c1. The van der Waals surface area contributed by atoms with Crippen molar-refractivity contribution in [3.63, 3.8) is 0 Å². The molecule has 0 atom stereocenters. The average molecular weight is 192 g/mol. The summed E-state index contributed by atoms with van der Waals surface area (Å²) in [7, 11) is 0. The summed E-state index contributed by atoms with van der Waals surface area (Å²) in [5.41, 5.74) is 13.5. The number of rotatable bonds is 3. The van der Waals surface area contributed by atoms with E-state index >= 15 is 0 Å². The van der Waals surface area contributed by atoms with Gasteiger partial charge in [-0.05, 0) is 24.6 Å². The minimum Gasteiger partial charge on any atom is -0.400 e. The summed E-state index contributed by atoms with van der Waals surface area (Å²) in [6.45, 7) is 2.31. The largest absolute Gasteiger partial charge is 0.400 e. The summed E-state index contributed by atoms with van der Waals surface area (Å²) in [6.07, 6.45) is 1.62. The van der Waals surface area contributed by atoms with Gasteiger partial charge in [-0.3, -0.25) is 5.01 Å². The third-order valence-electron chi connectivity index (χ3n) is 1.84. The van der Waals surface area contributed by atoms with Crippen LogP contribution in [0, 0.1) is 6.92 Å². The summed E-state index contributed by atoms with van der Waals surface area (Å²) in [6, 6.07) is 7.83. The Hall–Kier alpha value is -1.52. The highest BCUT2D eigenvalue weighted by atomic mass is 15.4. The van der Waals surface area contributed by atoms with E-state index in [1.165, 1.54) is 5.01 Å². The highest BCUT2D eigenvalue weighted by Crippen LogP contribution is 2.13. The fourth-order valence-electron chi connectivity index (χ4n) is 1.09. The van der Waals surface area contributed by atoms with Crippen molar-refractivity contribution in [1.82, 2.24) is 0 Å². The van der Waals surface area contributed by atoms with Crippen molar-refractivity contribution in [2.75, 3.05) is 11.6 Å². The van der Waals surface area contributed by atoms with E-state index in [-0.39, 0.29) is 0 Å². The number of nitrogens with zero attached hydrogens (tertiary/aromatic N) is 1. The van der Waals surface area contributed by atoms with Gasteiger partial charge in [-0.1, -0.05) is 12.1 Å². The monoisotopic (exact) mass is 192 g/mol. The normalized spacial score (nSPS) is 11.5. The van der Waals surface area contributed by atoms with Crippen LogP contribution in [0.2, 0.25) is 0 Å². The lowest BCUT2D eigenvalue weighted by Crippen LogP contribution is -2.27. The molecule has 0 fully saturated rings. The Labute approximate surface area is 84.0 Å². The number of anilines is 1. The number of benzene rings is 1. The molecule has 0 radical (unpaired) electrons. The van der Waals surface area contributed by atoms with Crippen LogP contribution in [0.15, 0.2) is 36.2 Å². The van der Waals surface area contributed by atoms with Crippen LogP contribution in [0.5, 0.6) is 0 Å². The molecule has 1 aromatic carbocycles. The molecule has 0 bridgehead atoms. The second kappa shape index (κ2) is 4.64. The first-order valence-electron chi connectivity index (χ1n) is 4.40. The Balaban J connectivity index is 2.84. The van der Waals surface area contributed by atoms with Crippen molar-refractivity contribution in [3.8, 4) is 0 Å². The second-order valence-electron chi connectivity index (χ2n) is 3.15. The van der Waals surface area contributed by atoms with Crippen molar-refractivity contribution < 1.29 is 0 Å². The fourth-order valence-corrected chi connectivity index (χ4v) is 1.09. The number of hydrazine groups is 1. The molecule has 0 aromatic heterocycles. The third-order valence-corrected chi connectivity index (χ3v) is 1.84.